The second kappa shape index (κ2) is 7.00. The molecular weight excluding hydrogens is 404 g/mol. The van der Waals surface area contributed by atoms with Gasteiger partial charge in [0, 0.05) is 29.8 Å². The number of hydrogen-bond donors (Lipinski definition) is 1. The number of anilines is 1. The summed E-state index contributed by atoms with van der Waals surface area (Å²) < 4.78 is 26.4. The molecule has 23 heavy (non-hydrogen) atoms. The van der Waals surface area contributed by atoms with Gasteiger partial charge in [-0.25, -0.2) is 12.7 Å². The van der Waals surface area contributed by atoms with Crippen LogP contribution in [0, 0.1) is 0 Å². The van der Waals surface area contributed by atoms with Crippen LogP contribution in [0.2, 0.25) is 5.02 Å². The van der Waals surface area contributed by atoms with Gasteiger partial charge in [0.2, 0.25) is 10.0 Å². The number of rotatable bonds is 4. The zero-order valence-electron chi connectivity index (χ0n) is 12.4. The molecule has 0 saturated carbocycles. The molecular formula is C15H14BrClN2O3S. The fraction of sp³-hybridized carbons (Fsp3) is 0.133. The van der Waals surface area contributed by atoms with Crippen LogP contribution in [0.1, 0.15) is 10.4 Å². The Labute approximate surface area is 148 Å². The monoisotopic (exact) mass is 416 g/mol. The lowest BCUT2D eigenvalue weighted by Crippen LogP contribution is -2.23. The lowest BCUT2D eigenvalue weighted by Gasteiger charge is -2.14. The number of sulfonamides is 1. The van der Waals surface area contributed by atoms with Crippen molar-refractivity contribution in [2.24, 2.45) is 0 Å². The summed E-state index contributed by atoms with van der Waals surface area (Å²) in [5, 5.41) is 2.77. The number of nitrogens with one attached hydrogen (secondary N) is 1. The molecule has 1 N–H and O–H groups in total. The zero-order valence-corrected chi connectivity index (χ0v) is 15.5. The standard InChI is InChI=1S/C15H14BrClN2O3S/c1-19(2)23(21,22)14-9-10(3-8-13(14)17)15(20)18-12-6-4-11(16)5-7-12/h3-9H,1-2H3,(H,18,20). The SMILES string of the molecule is CN(C)S(=O)(=O)c1cc(C(=O)Nc2ccc(Br)cc2)ccc1Cl. The smallest absolute Gasteiger partial charge is 0.255 e. The first-order chi connectivity index (χ1) is 10.7. The number of halogens is 2. The number of amides is 1. The second-order valence-corrected chi connectivity index (χ2v) is 8.34. The number of carbonyl (C=O) groups is 1. The first kappa shape index (κ1) is 17.9. The summed E-state index contributed by atoms with van der Waals surface area (Å²) in [5.74, 6) is -0.417. The lowest BCUT2D eigenvalue weighted by atomic mass is 10.2. The van der Waals surface area contributed by atoms with Gasteiger partial charge in [-0.3, -0.25) is 4.79 Å². The van der Waals surface area contributed by atoms with Gasteiger partial charge in [0.1, 0.15) is 4.90 Å². The van der Waals surface area contributed by atoms with Gasteiger partial charge in [-0.05, 0) is 42.5 Å². The number of hydrogen-bond acceptors (Lipinski definition) is 3. The fourth-order valence-corrected chi connectivity index (χ4v) is 3.43. The van der Waals surface area contributed by atoms with Gasteiger partial charge in [-0.15, -0.1) is 0 Å². The molecule has 0 bridgehead atoms. The molecule has 2 aromatic carbocycles. The maximum Gasteiger partial charge on any atom is 0.255 e. The maximum atomic E-state index is 12.3. The van der Waals surface area contributed by atoms with E-state index in [0.717, 1.165) is 8.78 Å². The normalized spacial score (nSPS) is 11.5. The number of benzene rings is 2. The number of nitrogens with zero attached hydrogens (tertiary/aromatic N) is 1. The summed E-state index contributed by atoms with van der Waals surface area (Å²) in [6.07, 6.45) is 0. The molecule has 2 rings (SSSR count). The Balaban J connectivity index is 2.33. The molecule has 0 spiro atoms. The molecule has 0 heterocycles. The minimum atomic E-state index is -3.73. The van der Waals surface area contributed by atoms with E-state index < -0.39 is 15.9 Å². The quantitative estimate of drug-likeness (QED) is 0.826. The lowest BCUT2D eigenvalue weighted by molar-refractivity contribution is 0.102. The van der Waals surface area contributed by atoms with E-state index in [1.807, 2.05) is 0 Å². The van der Waals surface area contributed by atoms with Gasteiger partial charge in [-0.2, -0.15) is 0 Å². The molecule has 0 atom stereocenters. The molecule has 0 aliphatic rings. The van der Waals surface area contributed by atoms with Gasteiger partial charge >= 0.3 is 0 Å². The highest BCUT2D eigenvalue weighted by Gasteiger charge is 2.22. The van der Waals surface area contributed by atoms with E-state index in [1.54, 1.807) is 24.3 Å². The first-order valence-electron chi connectivity index (χ1n) is 6.51. The van der Waals surface area contributed by atoms with Crippen LogP contribution in [0.15, 0.2) is 51.8 Å². The topological polar surface area (TPSA) is 66.5 Å². The molecule has 0 aliphatic heterocycles. The fourth-order valence-electron chi connectivity index (χ4n) is 1.78. The molecule has 0 aromatic heterocycles. The highest BCUT2D eigenvalue weighted by atomic mass is 79.9. The van der Waals surface area contributed by atoms with Crippen molar-refractivity contribution in [1.29, 1.82) is 0 Å². The van der Waals surface area contributed by atoms with Gasteiger partial charge in [0.05, 0.1) is 5.02 Å². The molecule has 122 valence electrons. The van der Waals surface area contributed by atoms with Crippen LogP contribution in [0.3, 0.4) is 0 Å². The van der Waals surface area contributed by atoms with E-state index in [4.69, 9.17) is 11.6 Å². The molecule has 0 unspecified atom stereocenters. The summed E-state index contributed by atoms with van der Waals surface area (Å²) in [5.41, 5.74) is 0.808. The molecule has 1 amide bonds. The van der Waals surface area contributed by atoms with Crippen molar-refractivity contribution in [3.8, 4) is 0 Å². The predicted octanol–water partition coefficient (Wildman–Crippen LogP) is 3.61. The van der Waals surface area contributed by atoms with E-state index in [2.05, 4.69) is 21.2 Å². The summed E-state index contributed by atoms with van der Waals surface area (Å²) in [6, 6.07) is 11.2. The van der Waals surface area contributed by atoms with E-state index in [-0.39, 0.29) is 15.5 Å². The van der Waals surface area contributed by atoms with Crippen LogP contribution >= 0.6 is 27.5 Å². The van der Waals surface area contributed by atoms with E-state index >= 15 is 0 Å². The third-order valence-corrected chi connectivity index (χ3v) is 5.88. The Hall–Kier alpha value is -1.41. The van der Waals surface area contributed by atoms with E-state index in [1.165, 1.54) is 32.3 Å². The Morgan fingerprint density at radius 3 is 2.30 bits per heavy atom. The minimum Gasteiger partial charge on any atom is -0.322 e. The van der Waals surface area contributed by atoms with Crippen LogP contribution in [0.5, 0.6) is 0 Å². The molecule has 0 radical (unpaired) electrons. The highest BCUT2D eigenvalue weighted by molar-refractivity contribution is 9.10. The van der Waals surface area contributed by atoms with Crippen molar-refractivity contribution in [1.82, 2.24) is 4.31 Å². The van der Waals surface area contributed by atoms with Crippen LogP contribution < -0.4 is 5.32 Å². The van der Waals surface area contributed by atoms with Crippen LogP contribution in [0.4, 0.5) is 5.69 Å². The Morgan fingerprint density at radius 1 is 1.13 bits per heavy atom. The van der Waals surface area contributed by atoms with Gasteiger partial charge in [-0.1, -0.05) is 27.5 Å². The second-order valence-electron chi connectivity index (χ2n) is 4.89. The third-order valence-electron chi connectivity index (χ3n) is 3.05. The molecule has 8 heteroatoms. The van der Waals surface area contributed by atoms with Crippen molar-refractivity contribution in [2.45, 2.75) is 4.90 Å². The average molecular weight is 418 g/mol. The zero-order chi connectivity index (χ0) is 17.2. The van der Waals surface area contributed by atoms with Crippen molar-refractivity contribution in [3.63, 3.8) is 0 Å². The molecule has 0 fully saturated rings. The molecule has 5 nitrogen and oxygen atoms in total. The van der Waals surface area contributed by atoms with Gasteiger partial charge in [0.15, 0.2) is 0 Å². The first-order valence-corrected chi connectivity index (χ1v) is 9.12. The van der Waals surface area contributed by atoms with Gasteiger partial charge in [0.25, 0.3) is 5.91 Å². The average Bonchev–Trinajstić information content (AvgIpc) is 2.49. The summed E-state index contributed by atoms with van der Waals surface area (Å²) in [7, 11) is -0.921. The van der Waals surface area contributed by atoms with E-state index in [9.17, 15) is 13.2 Å². The Morgan fingerprint density at radius 2 is 1.74 bits per heavy atom. The van der Waals surface area contributed by atoms with Crippen LogP contribution in [-0.4, -0.2) is 32.7 Å². The molecule has 0 saturated heterocycles. The van der Waals surface area contributed by atoms with Crippen LogP contribution in [0.25, 0.3) is 0 Å². The summed E-state index contributed by atoms with van der Waals surface area (Å²) in [6.45, 7) is 0. The summed E-state index contributed by atoms with van der Waals surface area (Å²) >= 11 is 9.28. The van der Waals surface area contributed by atoms with E-state index in [0.29, 0.717) is 5.69 Å². The van der Waals surface area contributed by atoms with Crippen molar-refractivity contribution in [3.05, 3.63) is 57.5 Å². The largest absolute Gasteiger partial charge is 0.322 e. The van der Waals surface area contributed by atoms with Crippen molar-refractivity contribution < 1.29 is 13.2 Å². The maximum absolute atomic E-state index is 12.3. The predicted molar refractivity (Wildman–Crippen MR) is 94.4 cm³/mol. The Bertz CT molecular complexity index is 836. The minimum absolute atomic E-state index is 0.0684. The Kier molecular flexibility index (Phi) is 5.46. The highest BCUT2D eigenvalue weighted by Crippen LogP contribution is 2.25. The molecule has 0 aliphatic carbocycles. The molecule has 2 aromatic rings. The van der Waals surface area contributed by atoms with Crippen LogP contribution in [-0.2, 0) is 10.0 Å². The third kappa shape index (κ3) is 4.11. The van der Waals surface area contributed by atoms with Gasteiger partial charge < -0.3 is 5.32 Å². The number of carbonyl (C=O) groups excluding carboxylic acids is 1. The summed E-state index contributed by atoms with van der Waals surface area (Å²) in [4.78, 5) is 12.2. The van der Waals surface area contributed by atoms with Crippen molar-refractivity contribution >= 4 is 49.1 Å². The van der Waals surface area contributed by atoms with Crippen molar-refractivity contribution in [2.75, 3.05) is 19.4 Å².